The van der Waals surface area contributed by atoms with Crippen LogP contribution >= 0.6 is 0 Å². The molecule has 2 unspecified atom stereocenters. The predicted molar refractivity (Wildman–Crippen MR) is 62.1 cm³/mol. The quantitative estimate of drug-likeness (QED) is 0.697. The highest BCUT2D eigenvalue weighted by atomic mass is 16.2. The average Bonchev–Trinajstić information content (AvgIpc) is 2.60. The number of carbonyl (C=O) groups excluding carboxylic acids is 1. The number of nitrogens with one attached hydrogen (secondary N) is 2. The first kappa shape index (κ1) is 10.5. The zero-order chi connectivity index (χ0) is 11.0. The summed E-state index contributed by atoms with van der Waals surface area (Å²) in [6.45, 7) is 5.64. The number of fused-ring (bicyclic) bond motifs is 1. The molecular formula is C12H21N3O. The average molecular weight is 223 g/mol. The number of likely N-dealkylation sites (tertiary alicyclic amines) is 1. The second kappa shape index (κ2) is 4.34. The van der Waals surface area contributed by atoms with Gasteiger partial charge in [-0.05, 0) is 51.4 Å². The SMILES string of the molecule is O=C1NCC2C1CCCN2CCC1CNC1. The summed E-state index contributed by atoms with van der Waals surface area (Å²) in [6.07, 6.45) is 3.58. The molecule has 0 bridgehead atoms. The number of piperidine rings is 1. The summed E-state index contributed by atoms with van der Waals surface area (Å²) in [6, 6.07) is 0.495. The zero-order valence-corrected chi connectivity index (χ0v) is 9.74. The van der Waals surface area contributed by atoms with Crippen LogP contribution in [-0.4, -0.2) is 49.6 Å². The van der Waals surface area contributed by atoms with E-state index in [-0.39, 0.29) is 5.92 Å². The van der Waals surface area contributed by atoms with Crippen LogP contribution in [0, 0.1) is 11.8 Å². The van der Waals surface area contributed by atoms with Crippen LogP contribution in [-0.2, 0) is 4.79 Å². The van der Waals surface area contributed by atoms with Crippen molar-refractivity contribution in [3.05, 3.63) is 0 Å². The Morgan fingerprint density at radius 3 is 2.94 bits per heavy atom. The number of hydrogen-bond donors (Lipinski definition) is 2. The molecule has 1 amide bonds. The molecule has 4 nitrogen and oxygen atoms in total. The summed E-state index contributed by atoms with van der Waals surface area (Å²) in [5.74, 6) is 1.46. The lowest BCUT2D eigenvalue weighted by molar-refractivity contribution is -0.124. The van der Waals surface area contributed by atoms with E-state index in [4.69, 9.17) is 0 Å². The second-order valence-corrected chi connectivity index (χ2v) is 5.41. The van der Waals surface area contributed by atoms with Crippen LogP contribution in [0.3, 0.4) is 0 Å². The third kappa shape index (κ3) is 1.84. The summed E-state index contributed by atoms with van der Waals surface area (Å²) in [4.78, 5) is 14.2. The van der Waals surface area contributed by atoms with Crippen LogP contribution in [0.1, 0.15) is 19.3 Å². The molecule has 0 aromatic carbocycles. The van der Waals surface area contributed by atoms with Crippen molar-refractivity contribution in [2.24, 2.45) is 11.8 Å². The maximum Gasteiger partial charge on any atom is 0.224 e. The van der Waals surface area contributed by atoms with Gasteiger partial charge >= 0.3 is 0 Å². The van der Waals surface area contributed by atoms with Crippen LogP contribution in [0.4, 0.5) is 0 Å². The lowest BCUT2D eigenvalue weighted by atomic mass is 9.90. The highest BCUT2D eigenvalue weighted by Crippen LogP contribution is 2.27. The molecule has 3 saturated heterocycles. The van der Waals surface area contributed by atoms with E-state index < -0.39 is 0 Å². The molecule has 0 radical (unpaired) electrons. The Hall–Kier alpha value is -0.610. The standard InChI is InChI=1S/C12H21N3O/c16-12-10-2-1-4-15(11(10)8-14-12)5-3-9-6-13-7-9/h9-11,13H,1-8H2,(H,14,16). The number of hydrogen-bond acceptors (Lipinski definition) is 3. The minimum Gasteiger partial charge on any atom is -0.354 e. The minimum absolute atomic E-state index is 0.285. The normalized spacial score (nSPS) is 35.6. The van der Waals surface area contributed by atoms with E-state index in [1.54, 1.807) is 0 Å². The fourth-order valence-corrected chi connectivity index (χ4v) is 3.22. The van der Waals surface area contributed by atoms with Crippen LogP contribution in [0.25, 0.3) is 0 Å². The van der Waals surface area contributed by atoms with E-state index in [0.717, 1.165) is 18.9 Å². The van der Waals surface area contributed by atoms with Gasteiger partial charge in [0.05, 0.1) is 5.92 Å². The van der Waals surface area contributed by atoms with Crippen molar-refractivity contribution in [3.8, 4) is 0 Å². The molecular weight excluding hydrogens is 202 g/mol. The van der Waals surface area contributed by atoms with Gasteiger partial charge in [-0.1, -0.05) is 0 Å². The molecule has 2 atom stereocenters. The van der Waals surface area contributed by atoms with Crippen molar-refractivity contribution in [3.63, 3.8) is 0 Å². The summed E-state index contributed by atoms with van der Waals surface area (Å²) in [7, 11) is 0. The van der Waals surface area contributed by atoms with Crippen molar-refractivity contribution in [1.82, 2.24) is 15.5 Å². The second-order valence-electron chi connectivity index (χ2n) is 5.41. The van der Waals surface area contributed by atoms with Crippen molar-refractivity contribution >= 4 is 5.91 Å². The first-order valence-electron chi connectivity index (χ1n) is 6.57. The van der Waals surface area contributed by atoms with E-state index in [9.17, 15) is 4.79 Å². The van der Waals surface area contributed by atoms with Gasteiger partial charge in [0.2, 0.25) is 5.91 Å². The molecule has 3 rings (SSSR count). The van der Waals surface area contributed by atoms with Gasteiger partial charge in [0.1, 0.15) is 0 Å². The van der Waals surface area contributed by atoms with E-state index in [0.29, 0.717) is 11.9 Å². The lowest BCUT2D eigenvalue weighted by Gasteiger charge is -2.37. The van der Waals surface area contributed by atoms with Crippen molar-refractivity contribution in [2.45, 2.75) is 25.3 Å². The molecule has 90 valence electrons. The fraction of sp³-hybridized carbons (Fsp3) is 0.917. The molecule has 3 aliphatic heterocycles. The van der Waals surface area contributed by atoms with Gasteiger partial charge in [-0.2, -0.15) is 0 Å². The number of nitrogens with zero attached hydrogens (tertiary/aromatic N) is 1. The maximum atomic E-state index is 11.6. The Labute approximate surface area is 96.8 Å². The van der Waals surface area contributed by atoms with Gasteiger partial charge in [-0.3, -0.25) is 9.69 Å². The van der Waals surface area contributed by atoms with Gasteiger partial charge in [-0.25, -0.2) is 0 Å². The number of rotatable bonds is 3. The number of carbonyl (C=O) groups is 1. The van der Waals surface area contributed by atoms with Crippen molar-refractivity contribution in [2.75, 3.05) is 32.7 Å². The van der Waals surface area contributed by atoms with E-state index in [1.807, 2.05) is 0 Å². The Morgan fingerprint density at radius 1 is 1.31 bits per heavy atom. The molecule has 16 heavy (non-hydrogen) atoms. The molecule has 0 aromatic heterocycles. The third-order valence-corrected chi connectivity index (χ3v) is 4.41. The minimum atomic E-state index is 0.285. The Morgan fingerprint density at radius 2 is 2.19 bits per heavy atom. The van der Waals surface area contributed by atoms with E-state index in [2.05, 4.69) is 15.5 Å². The van der Waals surface area contributed by atoms with Gasteiger partial charge in [0.15, 0.2) is 0 Å². The first-order chi connectivity index (χ1) is 7.84. The lowest BCUT2D eigenvalue weighted by Crippen LogP contribution is -2.48. The summed E-state index contributed by atoms with van der Waals surface area (Å²) >= 11 is 0. The zero-order valence-electron chi connectivity index (χ0n) is 9.74. The highest BCUT2D eigenvalue weighted by Gasteiger charge is 2.40. The Bertz CT molecular complexity index is 277. The maximum absolute atomic E-state index is 11.6. The monoisotopic (exact) mass is 223 g/mol. The number of amides is 1. The van der Waals surface area contributed by atoms with Gasteiger partial charge in [0.25, 0.3) is 0 Å². The van der Waals surface area contributed by atoms with Gasteiger partial charge in [-0.15, -0.1) is 0 Å². The summed E-state index contributed by atoms with van der Waals surface area (Å²) < 4.78 is 0. The molecule has 0 aliphatic carbocycles. The van der Waals surface area contributed by atoms with E-state index in [1.165, 1.54) is 39.0 Å². The smallest absolute Gasteiger partial charge is 0.224 e. The topological polar surface area (TPSA) is 44.4 Å². The van der Waals surface area contributed by atoms with Crippen molar-refractivity contribution < 1.29 is 4.79 Å². The molecule has 3 aliphatic rings. The Balaban J connectivity index is 1.55. The highest BCUT2D eigenvalue weighted by molar-refractivity contribution is 5.82. The fourth-order valence-electron chi connectivity index (χ4n) is 3.22. The van der Waals surface area contributed by atoms with Gasteiger partial charge in [0, 0.05) is 12.6 Å². The predicted octanol–water partition coefficient (Wildman–Crippen LogP) is -0.194. The molecule has 4 heteroatoms. The molecule has 0 aromatic rings. The largest absolute Gasteiger partial charge is 0.354 e. The van der Waals surface area contributed by atoms with E-state index >= 15 is 0 Å². The third-order valence-electron chi connectivity index (χ3n) is 4.41. The summed E-state index contributed by atoms with van der Waals surface area (Å²) in [5, 5.41) is 6.33. The van der Waals surface area contributed by atoms with Crippen LogP contribution < -0.4 is 10.6 Å². The van der Waals surface area contributed by atoms with Crippen LogP contribution in [0.2, 0.25) is 0 Å². The van der Waals surface area contributed by atoms with Crippen molar-refractivity contribution in [1.29, 1.82) is 0 Å². The molecule has 3 heterocycles. The van der Waals surface area contributed by atoms with Crippen LogP contribution in [0.15, 0.2) is 0 Å². The molecule has 0 spiro atoms. The Kier molecular flexibility index (Phi) is 2.86. The van der Waals surface area contributed by atoms with Crippen LogP contribution in [0.5, 0.6) is 0 Å². The first-order valence-corrected chi connectivity index (χ1v) is 6.57. The molecule has 3 fully saturated rings. The van der Waals surface area contributed by atoms with Gasteiger partial charge < -0.3 is 10.6 Å². The molecule has 0 saturated carbocycles. The molecule has 2 N–H and O–H groups in total. The summed E-state index contributed by atoms with van der Waals surface area (Å²) in [5.41, 5.74) is 0.